The third-order valence-electron chi connectivity index (χ3n) is 4.32. The van der Waals surface area contributed by atoms with Crippen LogP contribution >= 0.6 is 0 Å². The van der Waals surface area contributed by atoms with Crippen molar-refractivity contribution in [2.75, 3.05) is 13.7 Å². The molecule has 0 N–H and O–H groups in total. The van der Waals surface area contributed by atoms with Crippen molar-refractivity contribution < 1.29 is 18.3 Å². The largest absolute Gasteiger partial charge is 0.497 e. The summed E-state index contributed by atoms with van der Waals surface area (Å²) in [5.74, 6) is 2.25. The van der Waals surface area contributed by atoms with Gasteiger partial charge in [-0.2, -0.15) is 0 Å². The Morgan fingerprint density at radius 3 is 2.72 bits per heavy atom. The third kappa shape index (κ3) is 2.74. The van der Waals surface area contributed by atoms with Crippen LogP contribution in [0.2, 0.25) is 0 Å². The third-order valence-corrected chi connectivity index (χ3v) is 4.32. The number of rotatable bonds is 6. The van der Waals surface area contributed by atoms with Gasteiger partial charge in [0, 0.05) is 11.5 Å². The molecule has 0 aliphatic heterocycles. The van der Waals surface area contributed by atoms with Crippen molar-refractivity contribution >= 4 is 21.9 Å². The van der Waals surface area contributed by atoms with Gasteiger partial charge in [0.25, 0.3) is 0 Å². The van der Waals surface area contributed by atoms with Gasteiger partial charge in [-0.1, -0.05) is 25.5 Å². The molecule has 0 amide bonds. The number of furan rings is 2. The molecule has 0 fully saturated rings. The highest BCUT2D eigenvalue weighted by molar-refractivity contribution is 5.99. The quantitative estimate of drug-likeness (QED) is 0.403. The molecule has 0 radical (unpaired) electrons. The topological polar surface area (TPSA) is 44.7 Å². The number of ether oxygens (including phenoxy) is 2. The van der Waals surface area contributed by atoms with Crippen molar-refractivity contribution in [2.45, 2.75) is 19.8 Å². The van der Waals surface area contributed by atoms with Gasteiger partial charge in [0.15, 0.2) is 11.5 Å². The first-order valence-corrected chi connectivity index (χ1v) is 8.51. The van der Waals surface area contributed by atoms with Crippen molar-refractivity contribution in [1.29, 1.82) is 0 Å². The van der Waals surface area contributed by atoms with Gasteiger partial charge < -0.3 is 18.3 Å². The Kier molecular flexibility index (Phi) is 4.10. The van der Waals surface area contributed by atoms with E-state index in [1.54, 1.807) is 13.4 Å². The number of para-hydroxylation sites is 1. The molecule has 0 unspecified atom stereocenters. The van der Waals surface area contributed by atoms with Crippen molar-refractivity contribution in [1.82, 2.24) is 0 Å². The summed E-state index contributed by atoms with van der Waals surface area (Å²) in [4.78, 5) is 0. The van der Waals surface area contributed by atoms with Crippen LogP contribution in [0.15, 0.2) is 57.6 Å². The first-order chi connectivity index (χ1) is 12.3. The van der Waals surface area contributed by atoms with Gasteiger partial charge in [0.05, 0.1) is 24.7 Å². The lowest BCUT2D eigenvalue weighted by Gasteiger charge is -2.05. The summed E-state index contributed by atoms with van der Waals surface area (Å²) in [6, 6.07) is 13.7. The summed E-state index contributed by atoms with van der Waals surface area (Å²) < 4.78 is 23.2. The maximum atomic E-state index is 6.12. The summed E-state index contributed by atoms with van der Waals surface area (Å²) in [5, 5.41) is 1.96. The van der Waals surface area contributed by atoms with Crippen LogP contribution in [-0.4, -0.2) is 13.7 Å². The number of methoxy groups -OCH3 is 1. The average molecular weight is 336 g/mol. The predicted molar refractivity (Wildman–Crippen MR) is 98.4 cm³/mol. The second kappa shape index (κ2) is 6.55. The van der Waals surface area contributed by atoms with Crippen molar-refractivity contribution in [2.24, 2.45) is 0 Å². The molecule has 0 saturated carbocycles. The van der Waals surface area contributed by atoms with Gasteiger partial charge in [0.1, 0.15) is 23.2 Å². The minimum atomic E-state index is 0.663. The van der Waals surface area contributed by atoms with E-state index in [0.717, 1.165) is 51.8 Å². The van der Waals surface area contributed by atoms with Crippen LogP contribution in [0.1, 0.15) is 19.8 Å². The number of unbranched alkanes of at least 4 members (excludes halogenated alkanes) is 1. The van der Waals surface area contributed by atoms with Crippen molar-refractivity contribution in [3.8, 4) is 22.8 Å². The smallest absolute Gasteiger partial charge is 0.181 e. The highest BCUT2D eigenvalue weighted by Crippen LogP contribution is 2.43. The van der Waals surface area contributed by atoms with Crippen LogP contribution in [0, 0.1) is 0 Å². The van der Waals surface area contributed by atoms with Crippen LogP contribution in [0.25, 0.3) is 33.3 Å². The molecule has 0 aliphatic carbocycles. The summed E-state index contributed by atoms with van der Waals surface area (Å²) in [6.07, 6.45) is 3.80. The minimum Gasteiger partial charge on any atom is -0.497 e. The molecule has 4 aromatic rings. The van der Waals surface area contributed by atoms with E-state index in [1.807, 2.05) is 42.5 Å². The van der Waals surface area contributed by atoms with E-state index < -0.39 is 0 Å². The molecule has 4 heteroatoms. The van der Waals surface area contributed by atoms with E-state index in [1.165, 1.54) is 0 Å². The van der Waals surface area contributed by atoms with Gasteiger partial charge in [0.2, 0.25) is 0 Å². The molecular weight excluding hydrogens is 316 g/mol. The second-order valence-corrected chi connectivity index (χ2v) is 5.97. The van der Waals surface area contributed by atoms with Crippen LogP contribution in [0.5, 0.6) is 11.5 Å². The van der Waals surface area contributed by atoms with Gasteiger partial charge in [-0.3, -0.25) is 0 Å². The first kappa shape index (κ1) is 15.6. The normalized spacial score (nSPS) is 11.3. The number of hydrogen-bond donors (Lipinski definition) is 0. The fraction of sp³-hybridized carbons (Fsp3) is 0.238. The number of hydrogen-bond acceptors (Lipinski definition) is 4. The maximum Gasteiger partial charge on any atom is 0.181 e. The zero-order chi connectivity index (χ0) is 17.2. The van der Waals surface area contributed by atoms with Crippen LogP contribution in [0.3, 0.4) is 0 Å². The summed E-state index contributed by atoms with van der Waals surface area (Å²) >= 11 is 0. The Morgan fingerprint density at radius 2 is 1.88 bits per heavy atom. The van der Waals surface area contributed by atoms with Crippen molar-refractivity contribution in [3.63, 3.8) is 0 Å². The Balaban J connectivity index is 1.86. The molecule has 0 aliphatic rings. The molecule has 4 rings (SSSR count). The SMILES string of the molecule is CCCCOc1c(-c2coc3cc(OC)ccc23)oc2ccccc12. The predicted octanol–water partition coefficient (Wildman–Crippen LogP) is 6.03. The molecule has 0 saturated heterocycles. The zero-order valence-corrected chi connectivity index (χ0v) is 14.4. The van der Waals surface area contributed by atoms with Crippen LogP contribution < -0.4 is 9.47 Å². The van der Waals surface area contributed by atoms with Crippen LogP contribution in [0.4, 0.5) is 0 Å². The highest BCUT2D eigenvalue weighted by Gasteiger charge is 2.21. The summed E-state index contributed by atoms with van der Waals surface area (Å²) in [6.45, 7) is 2.81. The lowest BCUT2D eigenvalue weighted by Crippen LogP contribution is -1.96. The van der Waals surface area contributed by atoms with E-state index in [0.29, 0.717) is 12.4 Å². The fourth-order valence-corrected chi connectivity index (χ4v) is 2.97. The Bertz CT molecular complexity index is 1010. The lowest BCUT2D eigenvalue weighted by molar-refractivity contribution is 0.310. The molecule has 0 atom stereocenters. The van der Waals surface area contributed by atoms with E-state index in [4.69, 9.17) is 18.3 Å². The number of benzene rings is 2. The van der Waals surface area contributed by atoms with Crippen molar-refractivity contribution in [3.05, 3.63) is 48.7 Å². The average Bonchev–Trinajstić information content (AvgIpc) is 3.22. The first-order valence-electron chi connectivity index (χ1n) is 8.51. The molecule has 2 aromatic carbocycles. The van der Waals surface area contributed by atoms with E-state index in [-0.39, 0.29) is 0 Å². The zero-order valence-electron chi connectivity index (χ0n) is 14.4. The van der Waals surface area contributed by atoms with Gasteiger partial charge in [-0.25, -0.2) is 0 Å². The van der Waals surface area contributed by atoms with Crippen LogP contribution in [-0.2, 0) is 0 Å². The standard InChI is InChI=1S/C21H20O4/c1-3-4-11-23-20-16-7-5-6-8-18(16)25-21(20)17-13-24-19-12-14(22-2)9-10-15(17)19/h5-10,12-13H,3-4,11H2,1-2H3. The molecule has 4 nitrogen and oxygen atoms in total. The minimum absolute atomic E-state index is 0.663. The Morgan fingerprint density at radius 1 is 1.00 bits per heavy atom. The second-order valence-electron chi connectivity index (χ2n) is 5.97. The van der Waals surface area contributed by atoms with E-state index in [2.05, 4.69) is 6.92 Å². The highest BCUT2D eigenvalue weighted by atomic mass is 16.5. The fourth-order valence-electron chi connectivity index (χ4n) is 2.97. The lowest BCUT2D eigenvalue weighted by atomic mass is 10.1. The van der Waals surface area contributed by atoms with Gasteiger partial charge in [-0.05, 0) is 30.7 Å². The van der Waals surface area contributed by atoms with E-state index >= 15 is 0 Å². The maximum absolute atomic E-state index is 6.12. The molecule has 0 bridgehead atoms. The summed E-state index contributed by atoms with van der Waals surface area (Å²) in [7, 11) is 1.64. The molecular formula is C21H20O4. The van der Waals surface area contributed by atoms with Gasteiger partial charge >= 0.3 is 0 Å². The van der Waals surface area contributed by atoms with Gasteiger partial charge in [-0.15, -0.1) is 0 Å². The monoisotopic (exact) mass is 336 g/mol. The molecule has 0 spiro atoms. The molecule has 25 heavy (non-hydrogen) atoms. The number of fused-ring (bicyclic) bond motifs is 2. The molecule has 2 heterocycles. The summed E-state index contributed by atoms with van der Waals surface area (Å²) in [5.41, 5.74) is 2.46. The molecule has 128 valence electrons. The Hall–Kier alpha value is -2.88. The van der Waals surface area contributed by atoms with E-state index in [9.17, 15) is 0 Å². The Labute approximate surface area is 145 Å². The molecule has 2 aromatic heterocycles.